The molecule has 0 aliphatic rings. The Kier molecular flexibility index (Phi) is 52.3. The third-order valence-electron chi connectivity index (χ3n) is 12.6. The summed E-state index contributed by atoms with van der Waals surface area (Å²) in [6.45, 7) is 6.62. The number of allylic oxidation sites excluding steroid dienone is 6. The van der Waals surface area contributed by atoms with E-state index in [1.165, 1.54) is 186 Å². The summed E-state index contributed by atoms with van der Waals surface area (Å²) in [5, 5.41) is 0. The summed E-state index contributed by atoms with van der Waals surface area (Å²) in [5.41, 5.74) is 0. The molecular weight excluding hydrogens is 805 g/mol. The lowest BCUT2D eigenvalue weighted by atomic mass is 10.1. The first-order valence-electron chi connectivity index (χ1n) is 28.5. The van der Waals surface area contributed by atoms with E-state index in [0.717, 1.165) is 77.0 Å². The van der Waals surface area contributed by atoms with E-state index in [1.807, 2.05) is 0 Å². The molecule has 0 rings (SSSR count). The number of ether oxygens (including phenoxy) is 3. The van der Waals surface area contributed by atoms with Crippen molar-refractivity contribution in [1.29, 1.82) is 0 Å². The van der Waals surface area contributed by atoms with Crippen molar-refractivity contribution in [2.24, 2.45) is 0 Å². The normalized spacial score (nSPS) is 12.2. The van der Waals surface area contributed by atoms with Gasteiger partial charge in [-0.2, -0.15) is 0 Å². The first-order chi connectivity index (χ1) is 32.0. The molecule has 0 aromatic carbocycles. The molecule has 380 valence electrons. The molecule has 1 unspecified atom stereocenters. The zero-order chi connectivity index (χ0) is 47.2. The number of carbonyl (C=O) groups excluding carboxylic acids is 3. The van der Waals surface area contributed by atoms with E-state index in [-0.39, 0.29) is 31.1 Å². The molecule has 0 saturated carbocycles. The lowest BCUT2D eigenvalue weighted by Crippen LogP contribution is -2.30. The van der Waals surface area contributed by atoms with Gasteiger partial charge in [0, 0.05) is 19.3 Å². The van der Waals surface area contributed by atoms with E-state index in [9.17, 15) is 14.4 Å². The van der Waals surface area contributed by atoms with E-state index in [4.69, 9.17) is 14.2 Å². The Balaban J connectivity index is 4.30. The number of rotatable bonds is 52. The minimum Gasteiger partial charge on any atom is -0.462 e. The SMILES string of the molecule is CCCCCC/C=C\CCCCCCCC(=O)OCC(COC(=O)CCCCCCCCCCC/C=C\CCCCCCCCCC)OC(=O)CCCCCCC/C=C\CCCCCC. The summed E-state index contributed by atoms with van der Waals surface area (Å²) in [4.78, 5) is 38.1. The Labute approximate surface area is 404 Å². The topological polar surface area (TPSA) is 78.9 Å². The number of unbranched alkanes of at least 4 members (excludes halogenated alkanes) is 35. The van der Waals surface area contributed by atoms with Crippen molar-refractivity contribution in [3.63, 3.8) is 0 Å². The molecule has 0 saturated heterocycles. The average molecular weight is 914 g/mol. The molecule has 0 aromatic heterocycles. The quantitative estimate of drug-likeness (QED) is 0.0262. The van der Waals surface area contributed by atoms with Crippen LogP contribution in [0.5, 0.6) is 0 Å². The lowest BCUT2D eigenvalue weighted by Gasteiger charge is -2.18. The van der Waals surface area contributed by atoms with Crippen molar-refractivity contribution in [2.45, 2.75) is 309 Å². The summed E-state index contributed by atoms with van der Waals surface area (Å²) in [6.07, 6.45) is 64.2. The Bertz CT molecular complexity index is 1090. The molecule has 0 amide bonds. The van der Waals surface area contributed by atoms with Crippen LogP contribution in [-0.2, 0) is 28.6 Å². The van der Waals surface area contributed by atoms with Crippen molar-refractivity contribution >= 4 is 17.9 Å². The van der Waals surface area contributed by atoms with Crippen LogP contribution in [0.4, 0.5) is 0 Å². The van der Waals surface area contributed by atoms with E-state index in [1.54, 1.807) is 0 Å². The second-order valence-electron chi connectivity index (χ2n) is 19.2. The molecule has 0 radical (unpaired) electrons. The van der Waals surface area contributed by atoms with Crippen LogP contribution in [-0.4, -0.2) is 37.2 Å². The molecule has 6 nitrogen and oxygen atoms in total. The summed E-state index contributed by atoms with van der Waals surface area (Å²) >= 11 is 0. The third kappa shape index (κ3) is 52.5. The van der Waals surface area contributed by atoms with Gasteiger partial charge in [0.1, 0.15) is 13.2 Å². The highest BCUT2D eigenvalue weighted by Gasteiger charge is 2.19. The standard InChI is InChI=1S/C59H108O6/c1-4-7-10-13-16-19-22-25-26-27-28-29-30-31-32-35-37-40-43-46-49-52-58(61)64-55-56(65-59(62)53-50-47-44-41-38-34-24-21-18-15-12-9-6-3)54-63-57(60)51-48-45-42-39-36-33-23-20-17-14-11-8-5-2/h20-21,23-24,27-28,56H,4-19,22,25-26,29-55H2,1-3H3/b23-20-,24-21-,28-27-. The fraction of sp³-hybridized carbons (Fsp3) is 0.847. The number of carbonyl (C=O) groups is 3. The van der Waals surface area contributed by atoms with E-state index in [0.29, 0.717) is 19.3 Å². The molecule has 0 fully saturated rings. The maximum absolute atomic E-state index is 12.8. The minimum absolute atomic E-state index is 0.0772. The lowest BCUT2D eigenvalue weighted by molar-refractivity contribution is -0.167. The molecule has 1 atom stereocenters. The Hall–Kier alpha value is -2.37. The van der Waals surface area contributed by atoms with Crippen LogP contribution >= 0.6 is 0 Å². The highest BCUT2D eigenvalue weighted by molar-refractivity contribution is 5.71. The molecule has 0 spiro atoms. The first kappa shape index (κ1) is 62.6. The van der Waals surface area contributed by atoms with Crippen molar-refractivity contribution in [3.8, 4) is 0 Å². The van der Waals surface area contributed by atoms with Crippen LogP contribution in [0.2, 0.25) is 0 Å². The third-order valence-corrected chi connectivity index (χ3v) is 12.6. The fourth-order valence-electron chi connectivity index (χ4n) is 8.25. The van der Waals surface area contributed by atoms with Crippen molar-refractivity contribution in [1.82, 2.24) is 0 Å². The monoisotopic (exact) mass is 913 g/mol. The summed E-state index contributed by atoms with van der Waals surface area (Å²) in [5.74, 6) is -0.884. The van der Waals surface area contributed by atoms with Crippen LogP contribution in [0.15, 0.2) is 36.5 Å². The van der Waals surface area contributed by atoms with Gasteiger partial charge in [-0.05, 0) is 96.3 Å². The molecule has 6 heteroatoms. The Morgan fingerprint density at radius 1 is 0.292 bits per heavy atom. The molecule has 0 aromatic rings. The predicted molar refractivity (Wildman–Crippen MR) is 279 cm³/mol. The highest BCUT2D eigenvalue weighted by atomic mass is 16.6. The molecular formula is C59H108O6. The van der Waals surface area contributed by atoms with Gasteiger partial charge < -0.3 is 14.2 Å². The molecule has 65 heavy (non-hydrogen) atoms. The molecule has 0 bridgehead atoms. The number of hydrogen-bond acceptors (Lipinski definition) is 6. The maximum Gasteiger partial charge on any atom is 0.306 e. The van der Waals surface area contributed by atoms with Gasteiger partial charge >= 0.3 is 17.9 Å². The summed E-state index contributed by atoms with van der Waals surface area (Å²) in [7, 11) is 0. The smallest absolute Gasteiger partial charge is 0.306 e. The van der Waals surface area contributed by atoms with Crippen molar-refractivity contribution < 1.29 is 28.6 Å². The van der Waals surface area contributed by atoms with Gasteiger partial charge in [-0.15, -0.1) is 0 Å². The van der Waals surface area contributed by atoms with E-state index < -0.39 is 6.10 Å². The van der Waals surface area contributed by atoms with Gasteiger partial charge in [-0.3, -0.25) is 14.4 Å². The molecule has 0 aliphatic heterocycles. The van der Waals surface area contributed by atoms with Gasteiger partial charge in [0.2, 0.25) is 0 Å². The van der Waals surface area contributed by atoms with E-state index in [2.05, 4.69) is 57.2 Å². The highest BCUT2D eigenvalue weighted by Crippen LogP contribution is 2.15. The van der Waals surface area contributed by atoms with Crippen LogP contribution < -0.4 is 0 Å². The minimum atomic E-state index is -0.778. The second-order valence-corrected chi connectivity index (χ2v) is 19.2. The average Bonchev–Trinajstić information content (AvgIpc) is 3.30. The first-order valence-corrected chi connectivity index (χ1v) is 28.5. The number of esters is 3. The molecule has 0 aliphatic carbocycles. The van der Waals surface area contributed by atoms with Gasteiger partial charge in [-0.25, -0.2) is 0 Å². The van der Waals surface area contributed by atoms with Crippen LogP contribution in [0.1, 0.15) is 303 Å². The molecule has 0 heterocycles. The zero-order valence-corrected chi connectivity index (χ0v) is 43.5. The van der Waals surface area contributed by atoms with Crippen LogP contribution in [0.25, 0.3) is 0 Å². The van der Waals surface area contributed by atoms with Gasteiger partial charge in [-0.1, -0.05) is 224 Å². The van der Waals surface area contributed by atoms with Crippen molar-refractivity contribution in [2.75, 3.05) is 13.2 Å². The fourth-order valence-corrected chi connectivity index (χ4v) is 8.25. The Morgan fingerprint density at radius 2 is 0.508 bits per heavy atom. The number of hydrogen-bond donors (Lipinski definition) is 0. The predicted octanol–water partition coefficient (Wildman–Crippen LogP) is 18.9. The zero-order valence-electron chi connectivity index (χ0n) is 43.5. The largest absolute Gasteiger partial charge is 0.462 e. The summed E-state index contributed by atoms with van der Waals surface area (Å²) in [6, 6.07) is 0. The molecule has 0 N–H and O–H groups in total. The van der Waals surface area contributed by atoms with Crippen LogP contribution in [0, 0.1) is 0 Å². The van der Waals surface area contributed by atoms with E-state index >= 15 is 0 Å². The van der Waals surface area contributed by atoms with Gasteiger partial charge in [0.15, 0.2) is 6.10 Å². The van der Waals surface area contributed by atoms with Gasteiger partial charge in [0.25, 0.3) is 0 Å². The van der Waals surface area contributed by atoms with Gasteiger partial charge in [0.05, 0.1) is 0 Å². The second kappa shape index (κ2) is 54.2. The summed E-state index contributed by atoms with van der Waals surface area (Å²) < 4.78 is 16.8. The Morgan fingerprint density at radius 3 is 0.785 bits per heavy atom. The van der Waals surface area contributed by atoms with Crippen molar-refractivity contribution in [3.05, 3.63) is 36.5 Å². The van der Waals surface area contributed by atoms with Crippen LogP contribution in [0.3, 0.4) is 0 Å². The maximum atomic E-state index is 12.8.